The number of hydrogen-bond donors (Lipinski definition) is 1. The second kappa shape index (κ2) is 11.5. The van der Waals surface area contributed by atoms with Gasteiger partial charge >= 0.3 is 5.97 Å². The van der Waals surface area contributed by atoms with E-state index >= 15 is 4.39 Å². The molecule has 2 aliphatic rings. The van der Waals surface area contributed by atoms with Gasteiger partial charge in [0.15, 0.2) is 17.7 Å². The largest absolute Gasteiger partial charge is 0.497 e. The van der Waals surface area contributed by atoms with Gasteiger partial charge in [0.25, 0.3) is 5.91 Å². The van der Waals surface area contributed by atoms with Gasteiger partial charge in [0.05, 0.1) is 26.4 Å². The number of anilines is 1. The molecule has 8 nitrogen and oxygen atoms in total. The van der Waals surface area contributed by atoms with Crippen LogP contribution in [0.2, 0.25) is 0 Å². The number of halogens is 1. The highest BCUT2D eigenvalue weighted by Crippen LogP contribution is 2.48. The van der Waals surface area contributed by atoms with Crippen LogP contribution in [-0.4, -0.2) is 50.0 Å². The van der Waals surface area contributed by atoms with Gasteiger partial charge in [-0.05, 0) is 106 Å². The molecule has 228 valence electrons. The molecule has 1 unspecified atom stereocenters. The summed E-state index contributed by atoms with van der Waals surface area (Å²) in [4.78, 5) is 28.4. The number of amides is 1. The van der Waals surface area contributed by atoms with Gasteiger partial charge < -0.3 is 29.0 Å². The number of carbonyl (C=O) groups is 2. The van der Waals surface area contributed by atoms with Crippen LogP contribution in [0.1, 0.15) is 71.5 Å². The lowest BCUT2D eigenvalue weighted by atomic mass is 9.83. The van der Waals surface area contributed by atoms with Crippen molar-refractivity contribution in [1.82, 2.24) is 0 Å². The Bertz CT molecular complexity index is 1590. The van der Waals surface area contributed by atoms with E-state index in [2.05, 4.69) is 0 Å². The number of rotatable bonds is 7. The molecule has 1 N–H and O–H groups in total. The van der Waals surface area contributed by atoms with Crippen LogP contribution >= 0.6 is 0 Å². The zero-order chi connectivity index (χ0) is 31.2. The summed E-state index contributed by atoms with van der Waals surface area (Å²) in [5, 5.41) is 10.4. The van der Waals surface area contributed by atoms with E-state index < -0.39 is 23.5 Å². The molecule has 3 aromatic carbocycles. The lowest BCUT2D eigenvalue weighted by molar-refractivity contribution is -0.160. The van der Waals surface area contributed by atoms with Crippen molar-refractivity contribution in [2.24, 2.45) is 0 Å². The molecule has 0 aromatic heterocycles. The summed E-state index contributed by atoms with van der Waals surface area (Å²) in [6, 6.07) is 8.29. The SMILES string of the molecule is COc1cc(OC)cc(C(=O)N2CCc3c2cc(C)c(C(OC(C)(C)C)C(=O)O)c3-c2cc(F)c3c(c2C)CCCO3)c1. The third kappa shape index (κ3) is 5.66. The minimum absolute atomic E-state index is 0.253. The Balaban J connectivity index is 1.76. The molecule has 43 heavy (non-hydrogen) atoms. The minimum atomic E-state index is -1.32. The van der Waals surface area contributed by atoms with E-state index in [1.807, 2.05) is 19.9 Å². The van der Waals surface area contributed by atoms with E-state index in [0.717, 1.165) is 23.1 Å². The van der Waals surface area contributed by atoms with E-state index in [0.29, 0.717) is 71.0 Å². The number of ether oxygens (including phenoxy) is 4. The number of fused-ring (bicyclic) bond motifs is 2. The van der Waals surface area contributed by atoms with Gasteiger partial charge in [-0.15, -0.1) is 0 Å². The molecule has 1 atom stereocenters. The molecule has 0 aliphatic carbocycles. The number of benzene rings is 3. The van der Waals surface area contributed by atoms with E-state index in [9.17, 15) is 14.7 Å². The average molecular weight is 592 g/mol. The fourth-order valence-electron chi connectivity index (χ4n) is 6.14. The van der Waals surface area contributed by atoms with Crippen molar-refractivity contribution in [2.45, 2.75) is 65.6 Å². The average Bonchev–Trinajstić information content (AvgIpc) is 3.39. The lowest BCUT2D eigenvalue weighted by Gasteiger charge is -2.30. The summed E-state index contributed by atoms with van der Waals surface area (Å²) < 4.78 is 38.2. The zero-order valence-electron chi connectivity index (χ0n) is 25.7. The zero-order valence-corrected chi connectivity index (χ0v) is 25.7. The molecule has 0 saturated carbocycles. The summed E-state index contributed by atoms with van der Waals surface area (Å²) in [6.07, 6.45) is 0.536. The van der Waals surface area contributed by atoms with Gasteiger partial charge in [0.2, 0.25) is 0 Å². The van der Waals surface area contributed by atoms with E-state index in [-0.39, 0.29) is 11.7 Å². The van der Waals surface area contributed by atoms with Crippen molar-refractivity contribution in [3.8, 4) is 28.4 Å². The monoisotopic (exact) mass is 591 g/mol. The summed E-state index contributed by atoms with van der Waals surface area (Å²) >= 11 is 0. The molecule has 9 heteroatoms. The number of hydrogen-bond acceptors (Lipinski definition) is 6. The third-order valence-electron chi connectivity index (χ3n) is 8.04. The van der Waals surface area contributed by atoms with Crippen LogP contribution in [0.4, 0.5) is 10.1 Å². The van der Waals surface area contributed by atoms with Gasteiger partial charge in [-0.1, -0.05) is 0 Å². The number of methoxy groups -OCH3 is 2. The Kier molecular flexibility index (Phi) is 8.13. The smallest absolute Gasteiger partial charge is 0.337 e. The first-order valence-electron chi connectivity index (χ1n) is 14.4. The number of carboxylic acids is 1. The molecule has 2 heterocycles. The van der Waals surface area contributed by atoms with Gasteiger partial charge in [0.1, 0.15) is 11.5 Å². The first-order chi connectivity index (χ1) is 20.3. The second-order valence-corrected chi connectivity index (χ2v) is 12.0. The van der Waals surface area contributed by atoms with Crippen molar-refractivity contribution in [1.29, 1.82) is 0 Å². The van der Waals surface area contributed by atoms with Crippen LogP contribution in [0.25, 0.3) is 11.1 Å². The van der Waals surface area contributed by atoms with Gasteiger partial charge in [-0.2, -0.15) is 0 Å². The highest BCUT2D eigenvalue weighted by Gasteiger charge is 2.37. The Labute approximate surface area is 251 Å². The van der Waals surface area contributed by atoms with Crippen molar-refractivity contribution < 1.29 is 38.0 Å². The number of aliphatic carboxylic acids is 1. The molecule has 0 saturated heterocycles. The number of nitrogens with zero attached hydrogens (tertiary/aromatic N) is 1. The standard InChI is InChI=1S/C34H38FNO7/c1-18-13-27-24(10-11-36(27)32(37)20-14-21(40-6)16-22(15-20)41-7)29(28(18)31(33(38)39)43-34(3,4)5)25-17-26(35)30-23(19(25)2)9-8-12-42-30/h13-17,31H,8-12H2,1-7H3,(H,38,39). The van der Waals surface area contributed by atoms with Crippen LogP contribution in [-0.2, 0) is 22.4 Å². The molecule has 3 aromatic rings. The maximum Gasteiger partial charge on any atom is 0.337 e. The predicted molar refractivity (Wildman–Crippen MR) is 161 cm³/mol. The molecule has 0 bridgehead atoms. The Morgan fingerprint density at radius 3 is 2.28 bits per heavy atom. The number of carbonyl (C=O) groups excluding carboxylic acids is 1. The van der Waals surface area contributed by atoms with Gasteiger partial charge in [-0.25, -0.2) is 9.18 Å². The normalized spacial score (nSPS) is 14.9. The van der Waals surface area contributed by atoms with Crippen molar-refractivity contribution in [3.63, 3.8) is 0 Å². The van der Waals surface area contributed by atoms with E-state index in [4.69, 9.17) is 18.9 Å². The fraction of sp³-hybridized carbons (Fsp3) is 0.412. The van der Waals surface area contributed by atoms with Crippen molar-refractivity contribution in [3.05, 3.63) is 69.5 Å². The van der Waals surface area contributed by atoms with E-state index in [1.165, 1.54) is 20.3 Å². The molecule has 1 amide bonds. The first kappa shape index (κ1) is 30.4. The molecular formula is C34H38FNO7. The summed E-state index contributed by atoms with van der Waals surface area (Å²) in [5.74, 6) is -0.664. The highest BCUT2D eigenvalue weighted by atomic mass is 19.1. The molecular weight excluding hydrogens is 553 g/mol. The predicted octanol–water partition coefficient (Wildman–Crippen LogP) is 6.60. The number of carboxylic acid groups (broad SMARTS) is 1. The highest BCUT2D eigenvalue weighted by molar-refractivity contribution is 6.09. The topological polar surface area (TPSA) is 94.5 Å². The number of aryl methyl sites for hydroxylation is 1. The van der Waals surface area contributed by atoms with Gasteiger partial charge in [-0.3, -0.25) is 4.79 Å². The molecule has 5 rings (SSSR count). The minimum Gasteiger partial charge on any atom is -0.497 e. The maximum absolute atomic E-state index is 15.6. The van der Waals surface area contributed by atoms with Crippen LogP contribution in [0, 0.1) is 19.7 Å². The quantitative estimate of drug-likeness (QED) is 0.331. The first-order valence-corrected chi connectivity index (χ1v) is 14.4. The van der Waals surface area contributed by atoms with E-state index in [1.54, 1.807) is 43.9 Å². The molecule has 0 fully saturated rings. The van der Waals surface area contributed by atoms with Crippen LogP contribution < -0.4 is 19.1 Å². The second-order valence-electron chi connectivity index (χ2n) is 12.0. The van der Waals surface area contributed by atoms with Gasteiger partial charge in [0, 0.05) is 35.0 Å². The maximum atomic E-state index is 15.6. The Morgan fingerprint density at radius 1 is 1.00 bits per heavy atom. The molecule has 0 radical (unpaired) electrons. The van der Waals surface area contributed by atoms with Crippen LogP contribution in [0.5, 0.6) is 17.2 Å². The Hall–Kier alpha value is -4.11. The van der Waals surface area contributed by atoms with Crippen LogP contribution in [0.3, 0.4) is 0 Å². The van der Waals surface area contributed by atoms with Crippen molar-refractivity contribution in [2.75, 3.05) is 32.3 Å². The third-order valence-corrected chi connectivity index (χ3v) is 8.04. The summed E-state index contributed by atoms with van der Waals surface area (Å²) in [6.45, 7) is 9.93. The fourth-order valence-corrected chi connectivity index (χ4v) is 6.14. The summed E-state index contributed by atoms with van der Waals surface area (Å²) in [5.41, 5.74) is 4.90. The lowest BCUT2D eigenvalue weighted by Crippen LogP contribution is -2.30. The summed E-state index contributed by atoms with van der Waals surface area (Å²) in [7, 11) is 3.05. The molecule has 2 aliphatic heterocycles. The Morgan fingerprint density at radius 2 is 1.67 bits per heavy atom. The molecule has 0 spiro atoms. The van der Waals surface area contributed by atoms with Crippen molar-refractivity contribution >= 4 is 17.6 Å². The van der Waals surface area contributed by atoms with Crippen LogP contribution in [0.15, 0.2) is 30.3 Å².